The predicted octanol–water partition coefficient (Wildman–Crippen LogP) is 3.23. The van der Waals surface area contributed by atoms with Gasteiger partial charge in [-0.3, -0.25) is 0 Å². The van der Waals surface area contributed by atoms with Crippen molar-refractivity contribution in [2.45, 2.75) is 30.4 Å². The fourth-order valence-electron chi connectivity index (χ4n) is 2.18. The molecule has 1 fully saturated rings. The van der Waals surface area contributed by atoms with Gasteiger partial charge in [-0.1, -0.05) is 31.2 Å². The van der Waals surface area contributed by atoms with Crippen molar-refractivity contribution in [3.63, 3.8) is 0 Å². The Morgan fingerprint density at radius 2 is 1.94 bits per heavy atom. The van der Waals surface area contributed by atoms with E-state index in [1.165, 1.54) is 22.6 Å². The van der Waals surface area contributed by atoms with E-state index < -0.39 is 0 Å². The van der Waals surface area contributed by atoms with Gasteiger partial charge in [-0.2, -0.15) is 23.5 Å². The quantitative estimate of drug-likeness (QED) is 0.876. The molecule has 0 bridgehead atoms. The zero-order valence-corrected chi connectivity index (χ0v) is 11.5. The molecule has 2 N–H and O–H groups in total. The highest BCUT2D eigenvalue weighted by Gasteiger charge is 2.29. The first-order valence-electron chi connectivity index (χ1n) is 5.74. The summed E-state index contributed by atoms with van der Waals surface area (Å²) in [5.74, 6) is 2.50. The van der Waals surface area contributed by atoms with Gasteiger partial charge in [0.05, 0.1) is 0 Å². The van der Waals surface area contributed by atoms with Crippen LogP contribution in [-0.2, 0) is 0 Å². The van der Waals surface area contributed by atoms with Crippen molar-refractivity contribution in [2.75, 3.05) is 11.5 Å². The number of thioether (sulfide) groups is 2. The lowest BCUT2D eigenvalue weighted by atomic mass is 9.98. The Labute approximate surface area is 107 Å². The molecule has 3 atom stereocenters. The fraction of sp³-hybridized carbons (Fsp3) is 0.538. The molecule has 0 saturated carbocycles. The molecule has 3 heteroatoms. The molecule has 3 unspecified atom stereocenters. The molecule has 1 nitrogen and oxygen atoms in total. The normalized spacial score (nSPS) is 27.7. The maximum Gasteiger partial charge on any atom is 0.0428 e. The molecule has 0 spiro atoms. The van der Waals surface area contributed by atoms with E-state index in [4.69, 9.17) is 5.73 Å². The van der Waals surface area contributed by atoms with Crippen molar-refractivity contribution in [3.8, 4) is 0 Å². The van der Waals surface area contributed by atoms with Gasteiger partial charge in [-0.15, -0.1) is 0 Å². The minimum absolute atomic E-state index is 0.175. The highest BCUT2D eigenvalue weighted by molar-refractivity contribution is 8.07. The van der Waals surface area contributed by atoms with Crippen LogP contribution in [0.4, 0.5) is 0 Å². The van der Waals surface area contributed by atoms with Crippen LogP contribution in [0.2, 0.25) is 0 Å². The number of hydrogen-bond donors (Lipinski definition) is 1. The van der Waals surface area contributed by atoms with Crippen LogP contribution in [0.1, 0.15) is 24.1 Å². The topological polar surface area (TPSA) is 26.0 Å². The molecular formula is C13H19NS2. The SMILES string of the molecule is Cc1ccccc1C(N)C1SCCSC1C. The van der Waals surface area contributed by atoms with Crippen LogP contribution >= 0.6 is 23.5 Å². The van der Waals surface area contributed by atoms with Crippen LogP contribution in [0, 0.1) is 6.92 Å². The summed E-state index contributed by atoms with van der Waals surface area (Å²) >= 11 is 4.09. The van der Waals surface area contributed by atoms with Crippen LogP contribution in [0.25, 0.3) is 0 Å². The van der Waals surface area contributed by atoms with E-state index in [1.807, 2.05) is 11.8 Å². The van der Waals surface area contributed by atoms with Gasteiger partial charge in [-0.25, -0.2) is 0 Å². The molecule has 0 radical (unpaired) electrons. The summed E-state index contributed by atoms with van der Waals surface area (Å²) in [7, 11) is 0. The number of nitrogens with two attached hydrogens (primary N) is 1. The summed E-state index contributed by atoms with van der Waals surface area (Å²) < 4.78 is 0. The molecule has 88 valence electrons. The summed E-state index contributed by atoms with van der Waals surface area (Å²) in [6, 6.07) is 8.67. The highest BCUT2D eigenvalue weighted by Crippen LogP contribution is 2.38. The van der Waals surface area contributed by atoms with Gasteiger partial charge in [0.15, 0.2) is 0 Å². The smallest absolute Gasteiger partial charge is 0.0428 e. The maximum atomic E-state index is 6.43. The number of hydrogen-bond acceptors (Lipinski definition) is 3. The standard InChI is InChI=1S/C13H19NS2/c1-9-5-3-4-6-11(9)12(14)13-10(2)15-7-8-16-13/h3-6,10,12-13H,7-8,14H2,1-2H3. The zero-order valence-electron chi connectivity index (χ0n) is 9.85. The van der Waals surface area contributed by atoms with Gasteiger partial charge < -0.3 is 5.73 Å². The van der Waals surface area contributed by atoms with E-state index in [1.54, 1.807) is 0 Å². The van der Waals surface area contributed by atoms with Gasteiger partial charge >= 0.3 is 0 Å². The minimum atomic E-state index is 0.175. The van der Waals surface area contributed by atoms with Crippen molar-refractivity contribution in [1.29, 1.82) is 0 Å². The molecule has 1 aromatic rings. The molecule has 1 saturated heterocycles. The molecule has 0 amide bonds. The van der Waals surface area contributed by atoms with Crippen molar-refractivity contribution in [3.05, 3.63) is 35.4 Å². The van der Waals surface area contributed by atoms with Gasteiger partial charge in [0.1, 0.15) is 0 Å². The van der Waals surface area contributed by atoms with E-state index in [0.29, 0.717) is 10.5 Å². The summed E-state index contributed by atoms with van der Waals surface area (Å²) in [5, 5.41) is 1.22. The number of benzene rings is 1. The first-order chi connectivity index (χ1) is 7.70. The first-order valence-corrected chi connectivity index (χ1v) is 7.84. The van der Waals surface area contributed by atoms with Gasteiger partial charge in [-0.05, 0) is 18.1 Å². The van der Waals surface area contributed by atoms with Crippen LogP contribution in [0.3, 0.4) is 0 Å². The molecular weight excluding hydrogens is 234 g/mol. The summed E-state index contributed by atoms with van der Waals surface area (Å²) in [6.45, 7) is 4.46. The third-order valence-electron chi connectivity index (χ3n) is 3.14. The largest absolute Gasteiger partial charge is 0.323 e. The fourth-order valence-corrected chi connectivity index (χ4v) is 5.05. The Morgan fingerprint density at radius 1 is 1.25 bits per heavy atom. The lowest BCUT2D eigenvalue weighted by molar-refractivity contribution is 0.660. The van der Waals surface area contributed by atoms with Crippen LogP contribution in [0.15, 0.2) is 24.3 Å². The second-order valence-electron chi connectivity index (χ2n) is 4.29. The molecule has 0 aromatic heterocycles. The second-order valence-corrected chi connectivity index (χ2v) is 7.06. The predicted molar refractivity (Wildman–Crippen MR) is 76.3 cm³/mol. The molecule has 1 aliphatic heterocycles. The Bertz CT molecular complexity index is 354. The lowest BCUT2D eigenvalue weighted by Crippen LogP contribution is -2.34. The van der Waals surface area contributed by atoms with Crippen LogP contribution < -0.4 is 5.73 Å². The van der Waals surface area contributed by atoms with Gasteiger partial charge in [0, 0.05) is 28.0 Å². The van der Waals surface area contributed by atoms with Crippen molar-refractivity contribution < 1.29 is 0 Å². The molecule has 2 rings (SSSR count). The monoisotopic (exact) mass is 253 g/mol. The highest BCUT2D eigenvalue weighted by atomic mass is 32.2. The summed E-state index contributed by atoms with van der Waals surface area (Å²) in [5.41, 5.74) is 9.06. The first kappa shape index (κ1) is 12.3. The zero-order chi connectivity index (χ0) is 11.5. The average Bonchev–Trinajstić information content (AvgIpc) is 2.29. The Hall–Kier alpha value is -0.120. The van der Waals surface area contributed by atoms with Crippen LogP contribution in [-0.4, -0.2) is 22.0 Å². The van der Waals surface area contributed by atoms with Gasteiger partial charge in [0.25, 0.3) is 0 Å². The second kappa shape index (κ2) is 5.48. The molecule has 1 heterocycles. The Morgan fingerprint density at radius 3 is 2.62 bits per heavy atom. The van der Waals surface area contributed by atoms with Crippen molar-refractivity contribution in [2.24, 2.45) is 5.73 Å². The van der Waals surface area contributed by atoms with E-state index in [2.05, 4.69) is 49.9 Å². The summed E-state index contributed by atoms with van der Waals surface area (Å²) in [4.78, 5) is 0. The third-order valence-corrected chi connectivity index (χ3v) is 6.35. The lowest BCUT2D eigenvalue weighted by Gasteiger charge is -2.33. The Balaban J connectivity index is 2.17. The number of rotatable bonds is 2. The molecule has 1 aliphatic rings. The maximum absolute atomic E-state index is 6.43. The number of aryl methyl sites for hydroxylation is 1. The molecule has 16 heavy (non-hydrogen) atoms. The van der Waals surface area contributed by atoms with E-state index in [9.17, 15) is 0 Å². The van der Waals surface area contributed by atoms with E-state index >= 15 is 0 Å². The van der Waals surface area contributed by atoms with E-state index in [-0.39, 0.29) is 6.04 Å². The van der Waals surface area contributed by atoms with Crippen LogP contribution in [0.5, 0.6) is 0 Å². The average molecular weight is 253 g/mol. The summed E-state index contributed by atoms with van der Waals surface area (Å²) in [6.07, 6.45) is 0. The van der Waals surface area contributed by atoms with Crippen molar-refractivity contribution in [1.82, 2.24) is 0 Å². The van der Waals surface area contributed by atoms with E-state index in [0.717, 1.165) is 0 Å². The third kappa shape index (κ3) is 2.58. The molecule has 0 aliphatic carbocycles. The minimum Gasteiger partial charge on any atom is -0.323 e. The van der Waals surface area contributed by atoms with Gasteiger partial charge in [0.2, 0.25) is 0 Å². The van der Waals surface area contributed by atoms with Crippen molar-refractivity contribution >= 4 is 23.5 Å². The Kier molecular flexibility index (Phi) is 4.22. The molecule has 1 aromatic carbocycles.